The summed E-state index contributed by atoms with van der Waals surface area (Å²) >= 11 is 1.69. The first-order valence-electron chi connectivity index (χ1n) is 5.36. The number of nitrogens with zero attached hydrogens (tertiary/aromatic N) is 1. The summed E-state index contributed by atoms with van der Waals surface area (Å²) in [6, 6.07) is 0. The zero-order chi connectivity index (χ0) is 11.1. The molecule has 0 bridgehead atoms. The maximum atomic E-state index is 11.4. The van der Waals surface area contributed by atoms with Crippen molar-refractivity contribution in [1.82, 2.24) is 10.6 Å². The van der Waals surface area contributed by atoms with Gasteiger partial charge in [-0.05, 0) is 12.3 Å². The third-order valence-corrected chi connectivity index (χ3v) is 2.94. The normalized spacial score (nSPS) is 16.1. The number of amides is 1. The molecule has 1 heterocycles. The summed E-state index contributed by atoms with van der Waals surface area (Å²) in [5.41, 5.74) is 0. The Morgan fingerprint density at radius 2 is 2.40 bits per heavy atom. The summed E-state index contributed by atoms with van der Waals surface area (Å²) in [6.45, 7) is 6.10. The highest BCUT2D eigenvalue weighted by atomic mass is 32.2. The van der Waals surface area contributed by atoms with Crippen molar-refractivity contribution < 1.29 is 4.79 Å². The average Bonchev–Trinajstić information content (AvgIpc) is 2.25. The summed E-state index contributed by atoms with van der Waals surface area (Å²) in [6.07, 6.45) is 1.13. The number of carbonyl (C=O) groups excluding carboxylic acids is 1. The van der Waals surface area contributed by atoms with Gasteiger partial charge in [-0.3, -0.25) is 9.79 Å². The van der Waals surface area contributed by atoms with Gasteiger partial charge in [-0.2, -0.15) is 0 Å². The van der Waals surface area contributed by atoms with Gasteiger partial charge in [-0.1, -0.05) is 25.6 Å². The Bertz CT molecular complexity index is 241. The van der Waals surface area contributed by atoms with Crippen LogP contribution in [0, 0.1) is 5.92 Å². The molecule has 86 valence electrons. The number of aliphatic imine (C=N–C) groups is 1. The first kappa shape index (κ1) is 12.4. The molecule has 15 heavy (non-hydrogen) atoms. The minimum atomic E-state index is 0.0394. The molecule has 0 saturated carbocycles. The van der Waals surface area contributed by atoms with Gasteiger partial charge in [-0.25, -0.2) is 0 Å². The second-order valence-corrected chi connectivity index (χ2v) is 5.02. The van der Waals surface area contributed by atoms with Crippen molar-refractivity contribution in [2.24, 2.45) is 10.9 Å². The molecule has 1 amide bonds. The number of thioether (sulfide) groups is 1. The van der Waals surface area contributed by atoms with Gasteiger partial charge >= 0.3 is 0 Å². The van der Waals surface area contributed by atoms with E-state index < -0.39 is 0 Å². The molecule has 0 spiro atoms. The molecule has 4 nitrogen and oxygen atoms in total. The Labute approximate surface area is 95.3 Å². The highest BCUT2D eigenvalue weighted by Crippen LogP contribution is 2.09. The molecule has 1 rings (SSSR count). The molecule has 2 N–H and O–H groups in total. The Balaban J connectivity index is 2.13. The summed E-state index contributed by atoms with van der Waals surface area (Å²) in [5, 5.41) is 6.81. The quantitative estimate of drug-likeness (QED) is 0.751. The van der Waals surface area contributed by atoms with Crippen molar-refractivity contribution in [3.05, 3.63) is 0 Å². The van der Waals surface area contributed by atoms with Crippen molar-refractivity contribution in [3.63, 3.8) is 0 Å². The van der Waals surface area contributed by atoms with Gasteiger partial charge in [0.15, 0.2) is 5.17 Å². The number of rotatable bonds is 4. The van der Waals surface area contributed by atoms with Crippen molar-refractivity contribution in [2.75, 3.05) is 25.4 Å². The largest absolute Gasteiger partial charge is 0.356 e. The number of carbonyl (C=O) groups is 1. The topological polar surface area (TPSA) is 53.5 Å². The molecule has 1 aliphatic rings. The summed E-state index contributed by atoms with van der Waals surface area (Å²) in [7, 11) is 0. The molecule has 5 heteroatoms. The molecule has 0 radical (unpaired) electrons. The van der Waals surface area contributed by atoms with Crippen molar-refractivity contribution >= 4 is 22.8 Å². The Kier molecular flexibility index (Phi) is 5.53. The maximum absolute atomic E-state index is 11.4. The van der Waals surface area contributed by atoms with E-state index in [0.717, 1.165) is 30.4 Å². The van der Waals surface area contributed by atoms with Crippen LogP contribution in [0.2, 0.25) is 0 Å². The molecule has 1 aliphatic heterocycles. The Morgan fingerprint density at radius 3 is 3.00 bits per heavy atom. The van der Waals surface area contributed by atoms with E-state index in [9.17, 15) is 4.79 Å². The standard InChI is InChI=1S/C10H19N3OS/c1-8(2)6-12-9(14)7-13-10-11-4-3-5-15-10/h8H,3-7H2,1-2H3,(H,11,13)(H,12,14). The number of hydrogen-bond acceptors (Lipinski definition) is 4. The molecular formula is C10H19N3OS. The van der Waals surface area contributed by atoms with Gasteiger partial charge in [0.25, 0.3) is 0 Å². The Hall–Kier alpha value is -0.710. The molecule has 0 aromatic rings. The lowest BCUT2D eigenvalue weighted by atomic mass is 10.2. The van der Waals surface area contributed by atoms with E-state index in [-0.39, 0.29) is 5.91 Å². The lowest BCUT2D eigenvalue weighted by Gasteiger charge is -2.13. The van der Waals surface area contributed by atoms with E-state index in [0.29, 0.717) is 12.5 Å². The van der Waals surface area contributed by atoms with Crippen LogP contribution < -0.4 is 10.6 Å². The molecule has 0 fully saturated rings. The van der Waals surface area contributed by atoms with Crippen LogP contribution in [-0.2, 0) is 4.79 Å². The minimum absolute atomic E-state index is 0.0394. The van der Waals surface area contributed by atoms with Gasteiger partial charge in [0.1, 0.15) is 0 Å². The van der Waals surface area contributed by atoms with Gasteiger partial charge in [-0.15, -0.1) is 0 Å². The van der Waals surface area contributed by atoms with Crippen LogP contribution >= 0.6 is 11.8 Å². The summed E-state index contributed by atoms with van der Waals surface area (Å²) in [4.78, 5) is 15.6. The summed E-state index contributed by atoms with van der Waals surface area (Å²) in [5.74, 6) is 1.63. The van der Waals surface area contributed by atoms with E-state index >= 15 is 0 Å². The maximum Gasteiger partial charge on any atom is 0.239 e. The predicted molar refractivity (Wildman–Crippen MR) is 65.2 cm³/mol. The van der Waals surface area contributed by atoms with Crippen molar-refractivity contribution in [3.8, 4) is 0 Å². The van der Waals surface area contributed by atoms with Gasteiger partial charge < -0.3 is 10.6 Å². The molecule has 0 aromatic heterocycles. The van der Waals surface area contributed by atoms with E-state index in [1.54, 1.807) is 11.8 Å². The van der Waals surface area contributed by atoms with Crippen LogP contribution in [-0.4, -0.2) is 36.5 Å². The third kappa shape index (κ3) is 5.67. The van der Waals surface area contributed by atoms with Gasteiger partial charge in [0.2, 0.25) is 5.91 Å². The zero-order valence-corrected chi connectivity index (χ0v) is 10.2. The first-order chi connectivity index (χ1) is 7.18. The SMILES string of the molecule is CC(C)CNC(=O)CNC1=NCCCS1. The number of nitrogens with one attached hydrogen (secondary N) is 2. The molecule has 0 saturated heterocycles. The van der Waals surface area contributed by atoms with Crippen LogP contribution in [0.1, 0.15) is 20.3 Å². The lowest BCUT2D eigenvalue weighted by Crippen LogP contribution is -2.38. The minimum Gasteiger partial charge on any atom is -0.356 e. The van der Waals surface area contributed by atoms with E-state index in [4.69, 9.17) is 0 Å². The highest BCUT2D eigenvalue weighted by molar-refractivity contribution is 8.13. The number of hydrogen-bond donors (Lipinski definition) is 2. The summed E-state index contributed by atoms with van der Waals surface area (Å²) < 4.78 is 0. The highest BCUT2D eigenvalue weighted by Gasteiger charge is 2.07. The first-order valence-corrected chi connectivity index (χ1v) is 6.35. The van der Waals surface area contributed by atoms with Gasteiger partial charge in [0.05, 0.1) is 6.54 Å². The second kappa shape index (κ2) is 6.71. The van der Waals surface area contributed by atoms with Crippen molar-refractivity contribution in [2.45, 2.75) is 20.3 Å². The van der Waals surface area contributed by atoms with E-state index in [1.807, 2.05) is 0 Å². The molecule has 0 atom stereocenters. The predicted octanol–water partition coefficient (Wildman–Crippen LogP) is 0.841. The van der Waals surface area contributed by atoms with Crippen molar-refractivity contribution in [1.29, 1.82) is 0 Å². The average molecular weight is 229 g/mol. The fourth-order valence-corrected chi connectivity index (χ4v) is 1.93. The molecular weight excluding hydrogens is 210 g/mol. The fraction of sp³-hybridized carbons (Fsp3) is 0.800. The molecule has 0 aromatic carbocycles. The van der Waals surface area contributed by atoms with Crippen LogP contribution in [0.15, 0.2) is 4.99 Å². The Morgan fingerprint density at radius 1 is 1.60 bits per heavy atom. The van der Waals surface area contributed by atoms with Gasteiger partial charge in [0, 0.05) is 18.8 Å². The van der Waals surface area contributed by atoms with Crippen LogP contribution in [0.3, 0.4) is 0 Å². The van der Waals surface area contributed by atoms with E-state index in [1.165, 1.54) is 0 Å². The number of amidine groups is 1. The van der Waals surface area contributed by atoms with Crippen LogP contribution in [0.5, 0.6) is 0 Å². The van der Waals surface area contributed by atoms with Crippen LogP contribution in [0.25, 0.3) is 0 Å². The smallest absolute Gasteiger partial charge is 0.239 e. The zero-order valence-electron chi connectivity index (χ0n) is 9.38. The fourth-order valence-electron chi connectivity index (χ4n) is 1.10. The van der Waals surface area contributed by atoms with E-state index in [2.05, 4.69) is 29.5 Å². The molecule has 0 aliphatic carbocycles. The van der Waals surface area contributed by atoms with Crippen LogP contribution in [0.4, 0.5) is 0 Å². The lowest BCUT2D eigenvalue weighted by molar-refractivity contribution is -0.120. The molecule has 0 unspecified atom stereocenters. The third-order valence-electron chi connectivity index (χ3n) is 1.90. The second-order valence-electron chi connectivity index (χ2n) is 3.94. The monoisotopic (exact) mass is 229 g/mol.